The molecule has 3 N–H and O–H groups in total. The molecule has 1 saturated carbocycles. The highest BCUT2D eigenvalue weighted by Gasteiger charge is 2.39. The van der Waals surface area contributed by atoms with Crippen LogP contribution in [0.5, 0.6) is 0 Å². The quantitative estimate of drug-likeness (QED) is 0.666. The SMILES string of the molecule is N#C[C@@H]1CC[C@@](N)(c2ncc[nH]2)C1. The van der Waals surface area contributed by atoms with E-state index in [-0.39, 0.29) is 5.92 Å². The first-order chi connectivity index (χ1) is 6.24. The lowest BCUT2D eigenvalue weighted by Gasteiger charge is -2.20. The van der Waals surface area contributed by atoms with Crippen LogP contribution in [-0.2, 0) is 5.54 Å². The Bertz CT molecular complexity index is 324. The van der Waals surface area contributed by atoms with Crippen LogP contribution in [0.2, 0.25) is 0 Å². The van der Waals surface area contributed by atoms with Crippen molar-refractivity contribution in [3.63, 3.8) is 0 Å². The molecule has 0 aliphatic heterocycles. The van der Waals surface area contributed by atoms with Gasteiger partial charge in [-0.05, 0) is 19.3 Å². The molecule has 0 bridgehead atoms. The van der Waals surface area contributed by atoms with Crippen LogP contribution in [0.4, 0.5) is 0 Å². The van der Waals surface area contributed by atoms with Gasteiger partial charge in [0.05, 0.1) is 11.6 Å². The van der Waals surface area contributed by atoms with Gasteiger partial charge in [0, 0.05) is 18.3 Å². The van der Waals surface area contributed by atoms with E-state index in [0.29, 0.717) is 0 Å². The molecule has 1 heterocycles. The van der Waals surface area contributed by atoms with Gasteiger partial charge >= 0.3 is 0 Å². The fourth-order valence-corrected chi connectivity index (χ4v) is 1.94. The van der Waals surface area contributed by atoms with Crippen LogP contribution in [0.15, 0.2) is 12.4 Å². The minimum atomic E-state index is -0.399. The van der Waals surface area contributed by atoms with Gasteiger partial charge in [-0.2, -0.15) is 5.26 Å². The standard InChI is InChI=1S/C9H12N4/c10-6-7-1-2-9(11,5-7)8-12-3-4-13-8/h3-4,7H,1-2,5,11H2,(H,12,13)/t7-,9+/m1/s1. The van der Waals surface area contributed by atoms with Crippen molar-refractivity contribution in [2.45, 2.75) is 24.8 Å². The van der Waals surface area contributed by atoms with Crippen molar-refractivity contribution in [3.8, 4) is 6.07 Å². The normalized spacial score (nSPS) is 33.1. The summed E-state index contributed by atoms with van der Waals surface area (Å²) in [4.78, 5) is 7.17. The molecular formula is C9H12N4. The molecule has 2 rings (SSSR count). The molecule has 1 aliphatic carbocycles. The average molecular weight is 176 g/mol. The second kappa shape index (κ2) is 2.86. The number of nitriles is 1. The number of aromatic nitrogens is 2. The number of hydrogen-bond donors (Lipinski definition) is 2. The number of rotatable bonds is 1. The van der Waals surface area contributed by atoms with Gasteiger partial charge in [0.2, 0.25) is 0 Å². The Morgan fingerprint density at radius 3 is 3.15 bits per heavy atom. The van der Waals surface area contributed by atoms with Crippen molar-refractivity contribution in [2.75, 3.05) is 0 Å². The smallest absolute Gasteiger partial charge is 0.126 e. The van der Waals surface area contributed by atoms with Gasteiger partial charge in [-0.15, -0.1) is 0 Å². The number of nitrogens with one attached hydrogen (secondary N) is 1. The Hall–Kier alpha value is -1.34. The summed E-state index contributed by atoms with van der Waals surface area (Å²) in [6.07, 6.45) is 5.91. The summed E-state index contributed by atoms with van der Waals surface area (Å²) in [5.74, 6) is 0.903. The summed E-state index contributed by atoms with van der Waals surface area (Å²) in [7, 11) is 0. The van der Waals surface area contributed by atoms with Gasteiger partial charge in [0.15, 0.2) is 0 Å². The van der Waals surface area contributed by atoms with E-state index in [1.807, 2.05) is 0 Å². The fraction of sp³-hybridized carbons (Fsp3) is 0.556. The zero-order chi connectivity index (χ0) is 9.31. The topological polar surface area (TPSA) is 78.5 Å². The van der Waals surface area contributed by atoms with Crippen LogP contribution in [0.3, 0.4) is 0 Å². The largest absolute Gasteiger partial charge is 0.347 e. The highest BCUT2D eigenvalue weighted by Crippen LogP contribution is 2.37. The Labute approximate surface area is 76.8 Å². The number of H-pyrrole nitrogens is 1. The van der Waals surface area contributed by atoms with Gasteiger partial charge in [0.25, 0.3) is 0 Å². The second-order valence-corrected chi connectivity index (χ2v) is 3.66. The Morgan fingerprint density at radius 2 is 2.62 bits per heavy atom. The van der Waals surface area contributed by atoms with Gasteiger partial charge < -0.3 is 10.7 Å². The lowest BCUT2D eigenvalue weighted by Crippen LogP contribution is -2.34. The third-order valence-corrected chi connectivity index (χ3v) is 2.70. The van der Waals surface area contributed by atoms with E-state index in [4.69, 9.17) is 11.0 Å². The Kier molecular flexibility index (Phi) is 1.82. The number of nitrogens with zero attached hydrogens (tertiary/aromatic N) is 2. The summed E-state index contributed by atoms with van der Waals surface area (Å²) in [6.45, 7) is 0. The first-order valence-corrected chi connectivity index (χ1v) is 4.43. The van der Waals surface area contributed by atoms with Crippen molar-refractivity contribution in [2.24, 2.45) is 11.7 Å². The van der Waals surface area contributed by atoms with Crippen LogP contribution in [-0.4, -0.2) is 9.97 Å². The van der Waals surface area contributed by atoms with E-state index in [9.17, 15) is 0 Å². The summed E-state index contributed by atoms with van der Waals surface area (Å²) in [5.41, 5.74) is 5.75. The first kappa shape index (κ1) is 8.27. The van der Waals surface area contributed by atoms with Crippen molar-refractivity contribution in [1.29, 1.82) is 5.26 Å². The van der Waals surface area contributed by atoms with Crippen LogP contribution < -0.4 is 5.73 Å². The van der Waals surface area contributed by atoms with Gasteiger partial charge in [-0.1, -0.05) is 0 Å². The second-order valence-electron chi connectivity index (χ2n) is 3.66. The molecule has 1 aromatic rings. The van der Waals surface area contributed by atoms with Crippen molar-refractivity contribution in [3.05, 3.63) is 18.2 Å². The van der Waals surface area contributed by atoms with Gasteiger partial charge in [-0.25, -0.2) is 4.98 Å². The predicted octanol–water partition coefficient (Wildman–Crippen LogP) is 0.887. The molecule has 0 radical (unpaired) electrons. The molecule has 1 aromatic heterocycles. The van der Waals surface area contributed by atoms with Crippen molar-refractivity contribution < 1.29 is 0 Å². The molecule has 0 saturated heterocycles. The Morgan fingerprint density at radius 1 is 1.77 bits per heavy atom. The highest BCUT2D eigenvalue weighted by molar-refractivity contribution is 5.11. The summed E-state index contributed by atoms with van der Waals surface area (Å²) < 4.78 is 0. The van der Waals surface area contributed by atoms with Crippen molar-refractivity contribution in [1.82, 2.24) is 9.97 Å². The van der Waals surface area contributed by atoms with Crippen molar-refractivity contribution >= 4 is 0 Å². The van der Waals surface area contributed by atoms with E-state index in [1.54, 1.807) is 12.4 Å². The maximum absolute atomic E-state index is 8.76. The predicted molar refractivity (Wildman–Crippen MR) is 47.4 cm³/mol. The highest BCUT2D eigenvalue weighted by atomic mass is 15.0. The molecule has 2 atom stereocenters. The van der Waals surface area contributed by atoms with Gasteiger partial charge in [-0.3, -0.25) is 0 Å². The molecule has 68 valence electrons. The van der Waals surface area contributed by atoms with E-state index in [0.717, 1.165) is 25.1 Å². The number of hydrogen-bond acceptors (Lipinski definition) is 3. The fourth-order valence-electron chi connectivity index (χ4n) is 1.94. The number of imidazole rings is 1. The molecule has 0 aromatic carbocycles. The molecule has 4 heteroatoms. The number of aromatic amines is 1. The number of nitrogens with two attached hydrogens (primary N) is 1. The van der Waals surface area contributed by atoms with E-state index in [1.165, 1.54) is 0 Å². The van der Waals surface area contributed by atoms with E-state index >= 15 is 0 Å². The molecular weight excluding hydrogens is 164 g/mol. The minimum Gasteiger partial charge on any atom is -0.347 e. The third-order valence-electron chi connectivity index (χ3n) is 2.70. The van der Waals surface area contributed by atoms with Gasteiger partial charge in [0.1, 0.15) is 5.82 Å². The first-order valence-electron chi connectivity index (χ1n) is 4.43. The Balaban J connectivity index is 2.21. The molecule has 0 amide bonds. The molecule has 0 unspecified atom stereocenters. The average Bonchev–Trinajstić information content (AvgIpc) is 2.72. The summed E-state index contributed by atoms with van der Waals surface area (Å²) in [5, 5.41) is 8.76. The van der Waals surface area contributed by atoms with Crippen LogP contribution in [0.1, 0.15) is 25.1 Å². The molecule has 1 aliphatic rings. The van der Waals surface area contributed by atoms with E-state index in [2.05, 4.69) is 16.0 Å². The molecule has 4 nitrogen and oxygen atoms in total. The third kappa shape index (κ3) is 1.31. The van der Waals surface area contributed by atoms with Crippen LogP contribution in [0.25, 0.3) is 0 Å². The van der Waals surface area contributed by atoms with Crippen LogP contribution in [0, 0.1) is 17.2 Å². The summed E-state index contributed by atoms with van der Waals surface area (Å²) >= 11 is 0. The molecule has 13 heavy (non-hydrogen) atoms. The lowest BCUT2D eigenvalue weighted by atomic mass is 9.97. The minimum absolute atomic E-state index is 0.0927. The maximum atomic E-state index is 8.76. The molecule has 1 fully saturated rings. The monoisotopic (exact) mass is 176 g/mol. The van der Waals surface area contributed by atoms with E-state index < -0.39 is 5.54 Å². The zero-order valence-corrected chi connectivity index (χ0v) is 7.33. The lowest BCUT2D eigenvalue weighted by molar-refractivity contribution is 0.426. The summed E-state index contributed by atoms with van der Waals surface area (Å²) in [6, 6.07) is 2.26. The van der Waals surface area contributed by atoms with Crippen LogP contribution >= 0.6 is 0 Å². The molecule has 0 spiro atoms. The maximum Gasteiger partial charge on any atom is 0.126 e. The zero-order valence-electron chi connectivity index (χ0n) is 7.33.